The highest BCUT2D eigenvalue weighted by Gasteiger charge is 2.44. The Morgan fingerprint density at radius 2 is 1.89 bits per heavy atom. The summed E-state index contributed by atoms with van der Waals surface area (Å²) in [5.41, 5.74) is 0.854. The van der Waals surface area contributed by atoms with Gasteiger partial charge in [-0.25, -0.2) is 0 Å². The minimum absolute atomic E-state index is 0.104. The Labute approximate surface area is 217 Å². The molecule has 37 heavy (non-hydrogen) atoms. The standard InChI is InChI=1S/C25H33N5O6S/c1-35-19-6-7-23-20(12-19)21(8-11-36-23)27-24(31)22-5-3-10-30(22)25(32)18-4-2-9-28(16-18)37(33,34)29-14-17(13-26)15-29/h6-7,12,17-18,21-22H,2-5,8-11,14-16H2,1H3,(H,27,31)/t18-,21+,22+/m0/s1. The van der Waals surface area contributed by atoms with Crippen LogP contribution in [0.5, 0.6) is 11.5 Å². The fourth-order valence-electron chi connectivity index (χ4n) is 5.68. The van der Waals surface area contributed by atoms with E-state index >= 15 is 0 Å². The number of benzene rings is 1. The summed E-state index contributed by atoms with van der Waals surface area (Å²) in [4.78, 5) is 28.6. The molecule has 4 heterocycles. The number of ether oxygens (including phenoxy) is 2. The fraction of sp³-hybridized carbons (Fsp3) is 0.640. The second kappa shape index (κ2) is 10.5. The van der Waals surface area contributed by atoms with Gasteiger partial charge in [0.15, 0.2) is 0 Å². The van der Waals surface area contributed by atoms with Crippen molar-refractivity contribution >= 4 is 22.0 Å². The first-order valence-electron chi connectivity index (χ1n) is 12.9. The van der Waals surface area contributed by atoms with Gasteiger partial charge in [0.1, 0.15) is 17.5 Å². The molecule has 0 radical (unpaired) electrons. The number of fused-ring (bicyclic) bond motifs is 1. The normalized spacial score (nSPS) is 26.9. The highest BCUT2D eigenvalue weighted by Crippen LogP contribution is 2.35. The van der Waals surface area contributed by atoms with E-state index in [9.17, 15) is 18.0 Å². The number of amides is 2. The van der Waals surface area contributed by atoms with Crippen LogP contribution in [0.2, 0.25) is 0 Å². The lowest BCUT2D eigenvalue weighted by molar-refractivity contribution is -0.142. The average molecular weight is 532 g/mol. The van der Waals surface area contributed by atoms with Crippen LogP contribution in [-0.4, -0.2) is 86.2 Å². The van der Waals surface area contributed by atoms with E-state index in [-0.39, 0.29) is 43.4 Å². The van der Waals surface area contributed by atoms with Crippen LogP contribution in [0.1, 0.15) is 43.7 Å². The van der Waals surface area contributed by atoms with Gasteiger partial charge in [0.05, 0.1) is 37.7 Å². The second-order valence-corrected chi connectivity index (χ2v) is 12.1. The topological polar surface area (TPSA) is 132 Å². The van der Waals surface area contributed by atoms with Crippen molar-refractivity contribution < 1.29 is 27.5 Å². The van der Waals surface area contributed by atoms with E-state index in [1.54, 1.807) is 12.0 Å². The Bertz CT molecular complexity index is 1190. The number of nitriles is 1. The Balaban J connectivity index is 1.24. The number of piperidine rings is 1. The van der Waals surface area contributed by atoms with Crippen LogP contribution in [0.4, 0.5) is 0 Å². The molecule has 4 aliphatic rings. The number of carbonyl (C=O) groups is 2. The third-order valence-corrected chi connectivity index (χ3v) is 9.76. The minimum Gasteiger partial charge on any atom is -0.497 e. The smallest absolute Gasteiger partial charge is 0.282 e. The van der Waals surface area contributed by atoms with Gasteiger partial charge in [-0.05, 0) is 43.9 Å². The molecule has 1 aromatic carbocycles. The van der Waals surface area contributed by atoms with Crippen LogP contribution in [-0.2, 0) is 19.8 Å². The molecule has 2 amide bonds. The lowest BCUT2D eigenvalue weighted by Crippen LogP contribution is -2.57. The van der Waals surface area contributed by atoms with E-state index in [2.05, 4.69) is 11.4 Å². The van der Waals surface area contributed by atoms with Crippen LogP contribution in [0.15, 0.2) is 18.2 Å². The number of nitrogens with zero attached hydrogens (tertiary/aromatic N) is 4. The van der Waals surface area contributed by atoms with Crippen molar-refractivity contribution in [3.05, 3.63) is 23.8 Å². The number of nitrogens with one attached hydrogen (secondary N) is 1. The minimum atomic E-state index is -3.70. The lowest BCUT2D eigenvalue weighted by Gasteiger charge is -2.41. The fourth-order valence-corrected chi connectivity index (χ4v) is 7.47. The van der Waals surface area contributed by atoms with Crippen LogP contribution in [0.3, 0.4) is 0 Å². The summed E-state index contributed by atoms with van der Waals surface area (Å²) in [6, 6.07) is 6.78. The van der Waals surface area contributed by atoms with E-state index in [4.69, 9.17) is 14.7 Å². The quantitative estimate of drug-likeness (QED) is 0.580. The SMILES string of the molecule is COc1ccc2c(c1)[C@H](NC(=O)[C@H]1CCCN1C(=O)[C@H]1CCCN(S(=O)(=O)N3CC(C#N)C3)C1)CCO2. The number of hydrogen-bond donors (Lipinski definition) is 1. The van der Waals surface area contributed by atoms with Crippen molar-refractivity contribution in [2.45, 2.75) is 44.2 Å². The summed E-state index contributed by atoms with van der Waals surface area (Å²) in [6.45, 7) is 1.82. The van der Waals surface area contributed by atoms with E-state index in [1.165, 1.54) is 8.61 Å². The molecular weight excluding hydrogens is 498 g/mol. The summed E-state index contributed by atoms with van der Waals surface area (Å²) in [7, 11) is -2.11. The van der Waals surface area contributed by atoms with Crippen molar-refractivity contribution in [2.24, 2.45) is 11.8 Å². The second-order valence-electron chi connectivity index (χ2n) is 10.1. The predicted octanol–water partition coefficient (Wildman–Crippen LogP) is 1.04. The predicted molar refractivity (Wildman–Crippen MR) is 133 cm³/mol. The Morgan fingerprint density at radius 3 is 2.65 bits per heavy atom. The zero-order valence-corrected chi connectivity index (χ0v) is 21.8. The monoisotopic (exact) mass is 531 g/mol. The molecule has 0 saturated carbocycles. The Hall–Kier alpha value is -2.88. The highest BCUT2D eigenvalue weighted by molar-refractivity contribution is 7.86. The largest absolute Gasteiger partial charge is 0.497 e. The van der Waals surface area contributed by atoms with Crippen LogP contribution < -0.4 is 14.8 Å². The third-order valence-electron chi connectivity index (χ3n) is 7.83. The summed E-state index contributed by atoms with van der Waals surface area (Å²) < 4.78 is 39.7. The summed E-state index contributed by atoms with van der Waals surface area (Å²) >= 11 is 0. The van der Waals surface area contributed by atoms with Crippen molar-refractivity contribution in [1.29, 1.82) is 5.26 Å². The molecule has 3 fully saturated rings. The first kappa shape index (κ1) is 25.8. The third kappa shape index (κ3) is 5.00. The molecule has 3 saturated heterocycles. The van der Waals surface area contributed by atoms with E-state index in [0.717, 1.165) is 12.0 Å². The summed E-state index contributed by atoms with van der Waals surface area (Å²) in [6.07, 6.45) is 3.08. The molecule has 4 aliphatic heterocycles. The molecule has 0 aliphatic carbocycles. The lowest BCUT2D eigenvalue weighted by atomic mass is 9.97. The van der Waals surface area contributed by atoms with Gasteiger partial charge in [-0.2, -0.15) is 22.3 Å². The first-order valence-corrected chi connectivity index (χ1v) is 14.3. The van der Waals surface area contributed by atoms with Crippen LogP contribution in [0, 0.1) is 23.2 Å². The van der Waals surface area contributed by atoms with E-state index in [0.29, 0.717) is 56.9 Å². The molecule has 1 N–H and O–H groups in total. The molecule has 11 nitrogen and oxygen atoms in total. The van der Waals surface area contributed by atoms with Gasteiger partial charge in [0.2, 0.25) is 11.8 Å². The Kier molecular flexibility index (Phi) is 7.29. The van der Waals surface area contributed by atoms with Crippen molar-refractivity contribution in [1.82, 2.24) is 18.8 Å². The highest BCUT2D eigenvalue weighted by atomic mass is 32.2. The maximum absolute atomic E-state index is 13.5. The van der Waals surface area contributed by atoms with Crippen LogP contribution >= 0.6 is 0 Å². The number of hydrogen-bond acceptors (Lipinski definition) is 7. The van der Waals surface area contributed by atoms with Crippen molar-refractivity contribution in [3.8, 4) is 17.6 Å². The number of rotatable bonds is 6. The Morgan fingerprint density at radius 1 is 1.11 bits per heavy atom. The number of methoxy groups -OCH3 is 1. The molecule has 0 unspecified atom stereocenters. The molecule has 5 rings (SSSR count). The molecule has 0 spiro atoms. The number of carbonyl (C=O) groups excluding carboxylic acids is 2. The maximum Gasteiger partial charge on any atom is 0.282 e. The van der Waals surface area contributed by atoms with Gasteiger partial charge in [0, 0.05) is 44.7 Å². The number of likely N-dealkylation sites (tertiary alicyclic amines) is 1. The van der Waals surface area contributed by atoms with Crippen molar-refractivity contribution in [3.63, 3.8) is 0 Å². The van der Waals surface area contributed by atoms with Gasteiger partial charge in [-0.15, -0.1) is 0 Å². The molecule has 0 aromatic heterocycles. The van der Waals surface area contributed by atoms with Gasteiger partial charge < -0.3 is 19.7 Å². The van der Waals surface area contributed by atoms with Crippen LogP contribution in [0.25, 0.3) is 0 Å². The van der Waals surface area contributed by atoms with Gasteiger partial charge >= 0.3 is 0 Å². The molecular formula is C25H33N5O6S. The average Bonchev–Trinajstić information content (AvgIpc) is 3.38. The molecule has 3 atom stereocenters. The van der Waals surface area contributed by atoms with Crippen molar-refractivity contribution in [2.75, 3.05) is 46.4 Å². The molecule has 1 aromatic rings. The summed E-state index contributed by atoms with van der Waals surface area (Å²) in [5, 5.41) is 12.1. The first-order chi connectivity index (χ1) is 17.8. The zero-order valence-electron chi connectivity index (χ0n) is 21.0. The zero-order chi connectivity index (χ0) is 26.2. The maximum atomic E-state index is 13.5. The molecule has 12 heteroatoms. The van der Waals surface area contributed by atoms with E-state index < -0.39 is 22.2 Å². The van der Waals surface area contributed by atoms with Gasteiger partial charge in [0.25, 0.3) is 10.2 Å². The van der Waals surface area contributed by atoms with E-state index in [1.807, 2.05) is 18.2 Å². The van der Waals surface area contributed by atoms with Gasteiger partial charge in [-0.3, -0.25) is 9.59 Å². The molecule has 0 bridgehead atoms. The summed E-state index contributed by atoms with van der Waals surface area (Å²) in [5.74, 6) is 0.269. The molecule has 200 valence electrons. The van der Waals surface area contributed by atoms with Gasteiger partial charge in [-0.1, -0.05) is 0 Å².